The summed E-state index contributed by atoms with van der Waals surface area (Å²) in [5.74, 6) is -0.508. The van der Waals surface area contributed by atoms with Crippen LogP contribution in [0.5, 0.6) is 5.75 Å². The molecule has 100 valence electrons. The largest absolute Gasteiger partial charge is 0.496 e. The Bertz CT molecular complexity index is 441. The zero-order chi connectivity index (χ0) is 13.7. The number of pyridine rings is 1. The van der Waals surface area contributed by atoms with Gasteiger partial charge in [0.1, 0.15) is 11.4 Å². The molecule has 1 aromatic rings. The SMILES string of the molecule is COC(=O)Cc1c(OC)cc(CCl)nc1C(F)F. The van der Waals surface area contributed by atoms with E-state index in [0.29, 0.717) is 0 Å². The third-order valence-corrected chi connectivity index (χ3v) is 2.55. The summed E-state index contributed by atoms with van der Waals surface area (Å²) < 4.78 is 35.2. The molecule has 0 aliphatic rings. The molecule has 0 bridgehead atoms. The van der Waals surface area contributed by atoms with Gasteiger partial charge in [-0.2, -0.15) is 0 Å². The van der Waals surface area contributed by atoms with E-state index in [2.05, 4.69) is 9.72 Å². The molecule has 0 fully saturated rings. The topological polar surface area (TPSA) is 48.4 Å². The van der Waals surface area contributed by atoms with Crippen molar-refractivity contribution < 1.29 is 23.0 Å². The predicted molar refractivity (Wildman–Crippen MR) is 61.0 cm³/mol. The first kappa shape index (κ1) is 14.6. The van der Waals surface area contributed by atoms with E-state index in [0.717, 1.165) is 0 Å². The van der Waals surface area contributed by atoms with E-state index in [1.54, 1.807) is 0 Å². The van der Waals surface area contributed by atoms with Gasteiger partial charge in [0.2, 0.25) is 0 Å². The number of rotatable bonds is 5. The average Bonchev–Trinajstić information content (AvgIpc) is 2.38. The Morgan fingerprint density at radius 2 is 2.17 bits per heavy atom. The van der Waals surface area contributed by atoms with Crippen LogP contribution in [0, 0.1) is 0 Å². The molecule has 0 amide bonds. The summed E-state index contributed by atoms with van der Waals surface area (Å²) in [5, 5.41) is 0. The van der Waals surface area contributed by atoms with Gasteiger partial charge in [-0.1, -0.05) is 0 Å². The second kappa shape index (κ2) is 6.49. The molecule has 1 aromatic heterocycles. The number of esters is 1. The minimum absolute atomic E-state index is 0.0193. The summed E-state index contributed by atoms with van der Waals surface area (Å²) in [6, 6.07) is 1.43. The number of carbonyl (C=O) groups excluding carboxylic acids is 1. The molecule has 0 aromatic carbocycles. The van der Waals surface area contributed by atoms with Crippen LogP contribution in [0.3, 0.4) is 0 Å². The monoisotopic (exact) mass is 279 g/mol. The Balaban J connectivity index is 3.30. The minimum atomic E-state index is -2.82. The van der Waals surface area contributed by atoms with Crippen molar-refractivity contribution in [3.8, 4) is 5.75 Å². The number of ether oxygens (including phenoxy) is 2. The fourth-order valence-electron chi connectivity index (χ4n) is 1.44. The summed E-state index contributed by atoms with van der Waals surface area (Å²) in [7, 11) is 2.50. The molecule has 0 N–H and O–H groups in total. The maximum absolute atomic E-state index is 12.9. The van der Waals surface area contributed by atoms with E-state index < -0.39 is 18.1 Å². The van der Waals surface area contributed by atoms with Crippen molar-refractivity contribution in [1.29, 1.82) is 0 Å². The highest BCUT2D eigenvalue weighted by atomic mass is 35.5. The van der Waals surface area contributed by atoms with Crippen LogP contribution in [0.4, 0.5) is 8.78 Å². The fraction of sp³-hybridized carbons (Fsp3) is 0.455. The maximum atomic E-state index is 12.9. The number of carbonyl (C=O) groups is 1. The van der Waals surface area contributed by atoms with Gasteiger partial charge < -0.3 is 9.47 Å². The molecule has 0 saturated carbocycles. The van der Waals surface area contributed by atoms with Gasteiger partial charge in [0.25, 0.3) is 6.43 Å². The summed E-state index contributed by atoms with van der Waals surface area (Å²) in [5.41, 5.74) is -0.221. The number of hydrogen-bond donors (Lipinski definition) is 0. The Labute approximate surface area is 108 Å². The van der Waals surface area contributed by atoms with Gasteiger partial charge in [-0.05, 0) is 0 Å². The molecule has 0 aliphatic heterocycles. The Kier molecular flexibility index (Phi) is 5.27. The van der Waals surface area contributed by atoms with Crippen LogP contribution in [-0.4, -0.2) is 25.2 Å². The molecule has 1 heterocycles. The van der Waals surface area contributed by atoms with Crippen molar-refractivity contribution in [2.45, 2.75) is 18.7 Å². The molecule has 7 heteroatoms. The van der Waals surface area contributed by atoms with Crippen molar-refractivity contribution in [3.05, 3.63) is 23.0 Å². The van der Waals surface area contributed by atoms with E-state index >= 15 is 0 Å². The number of nitrogens with zero attached hydrogens (tertiary/aromatic N) is 1. The standard InChI is InChI=1S/C11H12ClF2NO3/c1-17-8-3-6(5-12)15-10(11(13)14)7(8)4-9(16)18-2/h3,11H,4-5H2,1-2H3. The van der Waals surface area contributed by atoms with E-state index in [1.807, 2.05) is 0 Å². The molecule has 18 heavy (non-hydrogen) atoms. The number of aromatic nitrogens is 1. The smallest absolute Gasteiger partial charge is 0.310 e. The van der Waals surface area contributed by atoms with Crippen LogP contribution in [0.25, 0.3) is 0 Å². The zero-order valence-corrected chi connectivity index (χ0v) is 10.6. The number of alkyl halides is 3. The lowest BCUT2D eigenvalue weighted by Crippen LogP contribution is -2.11. The van der Waals surface area contributed by atoms with Gasteiger partial charge in [0.05, 0.1) is 32.2 Å². The van der Waals surface area contributed by atoms with E-state index in [9.17, 15) is 13.6 Å². The molecule has 0 atom stereocenters. The summed E-state index contributed by atoms with van der Waals surface area (Å²) in [6.45, 7) is 0. The van der Waals surface area contributed by atoms with Crippen molar-refractivity contribution in [2.75, 3.05) is 14.2 Å². The van der Waals surface area contributed by atoms with Crippen LogP contribution >= 0.6 is 11.6 Å². The third kappa shape index (κ3) is 3.29. The molecule has 0 unspecified atom stereocenters. The second-order valence-corrected chi connectivity index (χ2v) is 3.63. The van der Waals surface area contributed by atoms with E-state index in [1.165, 1.54) is 20.3 Å². The summed E-state index contributed by atoms with van der Waals surface area (Å²) in [4.78, 5) is 14.9. The van der Waals surface area contributed by atoms with Crippen LogP contribution in [0.2, 0.25) is 0 Å². The number of halogens is 3. The molecule has 0 spiro atoms. The minimum Gasteiger partial charge on any atom is -0.496 e. The number of methoxy groups -OCH3 is 2. The van der Waals surface area contributed by atoms with Gasteiger partial charge in [-0.25, -0.2) is 8.78 Å². The van der Waals surface area contributed by atoms with Crippen molar-refractivity contribution in [3.63, 3.8) is 0 Å². The highest BCUT2D eigenvalue weighted by Crippen LogP contribution is 2.30. The van der Waals surface area contributed by atoms with Crippen molar-refractivity contribution >= 4 is 17.6 Å². The van der Waals surface area contributed by atoms with Crippen molar-refractivity contribution in [1.82, 2.24) is 4.98 Å². The van der Waals surface area contributed by atoms with E-state index in [4.69, 9.17) is 16.3 Å². The molecule has 0 saturated heterocycles. The average molecular weight is 280 g/mol. The highest BCUT2D eigenvalue weighted by Gasteiger charge is 2.22. The Morgan fingerprint density at radius 3 is 2.61 bits per heavy atom. The lowest BCUT2D eigenvalue weighted by molar-refractivity contribution is -0.139. The molecule has 4 nitrogen and oxygen atoms in total. The lowest BCUT2D eigenvalue weighted by Gasteiger charge is -2.13. The first-order chi connectivity index (χ1) is 8.53. The predicted octanol–water partition coefficient (Wildman–Crippen LogP) is 2.48. The van der Waals surface area contributed by atoms with Gasteiger partial charge in [0.15, 0.2) is 0 Å². The van der Waals surface area contributed by atoms with Gasteiger partial charge in [-0.3, -0.25) is 9.78 Å². The molecule has 0 aliphatic carbocycles. The lowest BCUT2D eigenvalue weighted by atomic mass is 10.1. The first-order valence-electron chi connectivity index (χ1n) is 5.01. The quantitative estimate of drug-likeness (QED) is 0.614. The Morgan fingerprint density at radius 1 is 1.50 bits per heavy atom. The zero-order valence-electron chi connectivity index (χ0n) is 9.87. The van der Waals surface area contributed by atoms with Gasteiger partial charge in [-0.15, -0.1) is 11.6 Å². The van der Waals surface area contributed by atoms with Crippen LogP contribution in [0.15, 0.2) is 6.07 Å². The van der Waals surface area contributed by atoms with Crippen LogP contribution in [-0.2, 0) is 21.8 Å². The summed E-state index contributed by atoms with van der Waals surface area (Å²) in [6.07, 6.45) is -3.14. The van der Waals surface area contributed by atoms with Crippen LogP contribution < -0.4 is 4.74 Å². The maximum Gasteiger partial charge on any atom is 0.310 e. The molecular formula is C11H12ClF2NO3. The number of hydrogen-bond acceptors (Lipinski definition) is 4. The normalized spacial score (nSPS) is 10.6. The molecular weight excluding hydrogens is 268 g/mol. The third-order valence-electron chi connectivity index (χ3n) is 2.28. The van der Waals surface area contributed by atoms with Crippen LogP contribution in [0.1, 0.15) is 23.4 Å². The van der Waals surface area contributed by atoms with Gasteiger partial charge in [0, 0.05) is 11.6 Å². The van der Waals surface area contributed by atoms with E-state index in [-0.39, 0.29) is 29.3 Å². The van der Waals surface area contributed by atoms with Crippen molar-refractivity contribution in [2.24, 2.45) is 0 Å². The second-order valence-electron chi connectivity index (χ2n) is 3.37. The van der Waals surface area contributed by atoms with Gasteiger partial charge >= 0.3 is 5.97 Å². The highest BCUT2D eigenvalue weighted by molar-refractivity contribution is 6.16. The molecule has 0 radical (unpaired) electrons. The first-order valence-corrected chi connectivity index (χ1v) is 5.54. The Hall–Kier alpha value is -1.43. The molecule has 1 rings (SSSR count). The summed E-state index contributed by atoms with van der Waals surface area (Å²) >= 11 is 5.56. The fourth-order valence-corrected chi connectivity index (χ4v) is 1.58.